The van der Waals surface area contributed by atoms with E-state index in [2.05, 4.69) is 40.9 Å². The van der Waals surface area contributed by atoms with Crippen LogP contribution in [0.2, 0.25) is 0 Å². The zero-order valence-corrected chi connectivity index (χ0v) is 25.0. The molecule has 8 nitrogen and oxygen atoms in total. The second-order valence-corrected chi connectivity index (χ2v) is 11.8. The van der Waals surface area contributed by atoms with Gasteiger partial charge in [-0.25, -0.2) is 0 Å². The fourth-order valence-electron chi connectivity index (χ4n) is 7.33. The molecule has 4 aromatic rings. The molecule has 8 heteroatoms. The molecule has 43 heavy (non-hydrogen) atoms. The summed E-state index contributed by atoms with van der Waals surface area (Å²) in [6.07, 6.45) is 10.9. The van der Waals surface area contributed by atoms with Crippen molar-refractivity contribution in [1.29, 1.82) is 0 Å². The number of rotatable bonds is 6. The number of hydrogen-bond acceptors (Lipinski definition) is 5. The number of ether oxygens (including phenoxy) is 2. The van der Waals surface area contributed by atoms with Crippen LogP contribution < -0.4 is 4.74 Å². The number of fused-ring (bicyclic) bond motifs is 5. The van der Waals surface area contributed by atoms with Crippen LogP contribution >= 0.6 is 0 Å². The summed E-state index contributed by atoms with van der Waals surface area (Å²) in [6, 6.07) is 12.4. The third-order valence-corrected chi connectivity index (χ3v) is 9.42. The predicted molar refractivity (Wildman–Crippen MR) is 168 cm³/mol. The Morgan fingerprint density at radius 2 is 1.88 bits per heavy atom. The van der Waals surface area contributed by atoms with Gasteiger partial charge in [0.1, 0.15) is 12.0 Å². The maximum absolute atomic E-state index is 13.9. The highest BCUT2D eigenvalue weighted by Gasteiger charge is 2.32. The van der Waals surface area contributed by atoms with Crippen LogP contribution in [0.25, 0.3) is 33.8 Å². The molecule has 7 rings (SSSR count). The standard InChI is InChI=1S/C35H38N4O4/c1-3-39-33(30(20-36-39)35(41)37-13-15-43-16-14-37)26-18-25-19-27(42-2)10-12-28(25)34-32(24-7-5-4-6-8-24)29-11-9-23(22-40)17-31(29)38(34)21-26/h9-12,17-20,22,24H,3-8,13-16,21H2,1-2H3. The Hall–Kier alpha value is -4.17. The molecule has 1 saturated heterocycles. The van der Waals surface area contributed by atoms with Crippen LogP contribution in [0.4, 0.5) is 0 Å². The van der Waals surface area contributed by atoms with Gasteiger partial charge in [-0.2, -0.15) is 5.10 Å². The molecular weight excluding hydrogens is 540 g/mol. The number of aryl methyl sites for hydroxylation is 1. The van der Waals surface area contributed by atoms with Crippen LogP contribution in [0.3, 0.4) is 0 Å². The zero-order valence-electron chi connectivity index (χ0n) is 25.0. The molecule has 0 unspecified atom stereocenters. The van der Waals surface area contributed by atoms with Crippen LogP contribution in [0.5, 0.6) is 5.75 Å². The van der Waals surface area contributed by atoms with Crippen molar-refractivity contribution in [2.75, 3.05) is 33.4 Å². The number of aldehydes is 1. The molecule has 0 N–H and O–H groups in total. The van der Waals surface area contributed by atoms with E-state index in [0.29, 0.717) is 56.4 Å². The van der Waals surface area contributed by atoms with E-state index in [0.717, 1.165) is 52.8 Å². The first kappa shape index (κ1) is 27.7. The monoisotopic (exact) mass is 578 g/mol. The van der Waals surface area contributed by atoms with Crippen molar-refractivity contribution in [1.82, 2.24) is 19.2 Å². The average molecular weight is 579 g/mol. The Kier molecular flexibility index (Phi) is 7.39. The van der Waals surface area contributed by atoms with E-state index in [9.17, 15) is 9.59 Å². The van der Waals surface area contributed by atoms with E-state index in [4.69, 9.17) is 9.47 Å². The Labute approximate surface area is 251 Å². The molecule has 2 aliphatic heterocycles. The van der Waals surface area contributed by atoms with Gasteiger partial charge in [-0.05, 0) is 72.7 Å². The van der Waals surface area contributed by atoms with E-state index in [1.807, 2.05) is 27.8 Å². The van der Waals surface area contributed by atoms with Gasteiger partial charge in [-0.15, -0.1) is 0 Å². The van der Waals surface area contributed by atoms with E-state index < -0.39 is 0 Å². The third-order valence-electron chi connectivity index (χ3n) is 9.42. The second kappa shape index (κ2) is 11.5. The highest BCUT2D eigenvalue weighted by Crippen LogP contribution is 2.48. The summed E-state index contributed by atoms with van der Waals surface area (Å²) in [5, 5.41) is 5.90. The number of aromatic nitrogens is 3. The van der Waals surface area contributed by atoms with Crippen molar-refractivity contribution in [2.45, 2.75) is 58.0 Å². The summed E-state index contributed by atoms with van der Waals surface area (Å²) in [5.74, 6) is 1.22. The molecule has 1 saturated carbocycles. The predicted octanol–water partition coefficient (Wildman–Crippen LogP) is 6.42. The third kappa shape index (κ3) is 4.78. The van der Waals surface area contributed by atoms with Crippen molar-refractivity contribution in [3.05, 3.63) is 70.5 Å². The number of methoxy groups -OCH3 is 1. The van der Waals surface area contributed by atoms with E-state index in [-0.39, 0.29) is 5.91 Å². The fourth-order valence-corrected chi connectivity index (χ4v) is 7.33. The normalized spacial score (nSPS) is 17.3. The highest BCUT2D eigenvalue weighted by atomic mass is 16.5. The first-order chi connectivity index (χ1) is 21.1. The first-order valence-corrected chi connectivity index (χ1v) is 15.5. The van der Waals surface area contributed by atoms with Gasteiger partial charge in [0.25, 0.3) is 5.91 Å². The molecule has 1 amide bonds. The molecule has 222 valence electrons. The zero-order chi connectivity index (χ0) is 29.5. The minimum absolute atomic E-state index is 0.0160. The summed E-state index contributed by atoms with van der Waals surface area (Å²) >= 11 is 0. The summed E-state index contributed by atoms with van der Waals surface area (Å²) in [7, 11) is 1.69. The van der Waals surface area contributed by atoms with Gasteiger partial charge in [-0.3, -0.25) is 14.3 Å². The van der Waals surface area contributed by atoms with Crippen molar-refractivity contribution in [3.63, 3.8) is 0 Å². The topological polar surface area (TPSA) is 78.6 Å². The van der Waals surface area contributed by atoms with Gasteiger partial charge >= 0.3 is 0 Å². The quantitative estimate of drug-likeness (QED) is 0.247. The molecule has 0 radical (unpaired) electrons. The molecule has 1 aliphatic carbocycles. The van der Waals surface area contributed by atoms with Gasteiger partial charge in [-0.1, -0.05) is 31.4 Å². The SMILES string of the molecule is CCn1ncc(C(=O)N2CCOCC2)c1C1=Cc2cc(OC)ccc2-c2c(C3CCCCC3)c3ccc(C=O)cc3n2C1. The van der Waals surface area contributed by atoms with Gasteiger partial charge in [0.15, 0.2) is 0 Å². The minimum Gasteiger partial charge on any atom is -0.497 e. The van der Waals surface area contributed by atoms with Crippen molar-refractivity contribution >= 4 is 34.7 Å². The van der Waals surface area contributed by atoms with Crippen molar-refractivity contribution in [3.8, 4) is 17.0 Å². The number of nitrogens with zero attached hydrogens (tertiary/aromatic N) is 4. The average Bonchev–Trinajstić information content (AvgIpc) is 3.58. The largest absolute Gasteiger partial charge is 0.497 e. The van der Waals surface area contributed by atoms with E-state index >= 15 is 0 Å². The van der Waals surface area contributed by atoms with Crippen LogP contribution in [-0.4, -0.2) is 64.9 Å². The van der Waals surface area contributed by atoms with Gasteiger partial charge in [0, 0.05) is 41.7 Å². The lowest BCUT2D eigenvalue weighted by Crippen LogP contribution is -2.41. The maximum atomic E-state index is 13.9. The Bertz CT molecular complexity index is 1730. The number of hydrogen-bond donors (Lipinski definition) is 0. The number of allylic oxidation sites excluding steroid dienone is 1. The number of carbonyl (C=O) groups is 2. The van der Waals surface area contributed by atoms with Crippen molar-refractivity contribution in [2.24, 2.45) is 0 Å². The van der Waals surface area contributed by atoms with Crippen LogP contribution in [0, 0.1) is 0 Å². The van der Waals surface area contributed by atoms with Crippen LogP contribution in [0.1, 0.15) is 82.5 Å². The maximum Gasteiger partial charge on any atom is 0.257 e. The molecule has 3 aliphatic rings. The lowest BCUT2D eigenvalue weighted by molar-refractivity contribution is 0.0302. The van der Waals surface area contributed by atoms with E-state index in [1.54, 1.807) is 13.3 Å². The lowest BCUT2D eigenvalue weighted by atomic mass is 9.81. The first-order valence-electron chi connectivity index (χ1n) is 15.5. The molecular formula is C35H38N4O4. The number of carbonyl (C=O) groups excluding carboxylic acids is 2. The number of amides is 1. The molecule has 2 aromatic carbocycles. The smallest absolute Gasteiger partial charge is 0.257 e. The fraction of sp³-hybridized carbons (Fsp3) is 0.400. The summed E-state index contributed by atoms with van der Waals surface area (Å²) < 4.78 is 15.5. The molecule has 4 heterocycles. The van der Waals surface area contributed by atoms with Crippen LogP contribution in [0.15, 0.2) is 42.6 Å². The Morgan fingerprint density at radius 1 is 1.07 bits per heavy atom. The summed E-state index contributed by atoms with van der Waals surface area (Å²) in [4.78, 5) is 27.7. The molecule has 0 spiro atoms. The molecule has 2 fully saturated rings. The van der Waals surface area contributed by atoms with Gasteiger partial charge in [0.05, 0.1) is 50.0 Å². The molecule has 0 bridgehead atoms. The second-order valence-electron chi connectivity index (χ2n) is 11.8. The number of morpholine rings is 1. The van der Waals surface area contributed by atoms with Gasteiger partial charge in [0.2, 0.25) is 0 Å². The Morgan fingerprint density at radius 3 is 2.63 bits per heavy atom. The molecule has 0 atom stereocenters. The van der Waals surface area contributed by atoms with Crippen molar-refractivity contribution < 1.29 is 19.1 Å². The highest BCUT2D eigenvalue weighted by molar-refractivity contribution is 6.03. The van der Waals surface area contributed by atoms with E-state index in [1.165, 1.54) is 35.9 Å². The van der Waals surface area contributed by atoms with Gasteiger partial charge < -0.3 is 18.9 Å². The Balaban J connectivity index is 1.48. The van der Waals surface area contributed by atoms with Crippen LogP contribution in [-0.2, 0) is 17.8 Å². The molecule has 2 aromatic heterocycles. The minimum atomic E-state index is -0.0160. The summed E-state index contributed by atoms with van der Waals surface area (Å²) in [5.41, 5.74) is 8.95. The lowest BCUT2D eigenvalue weighted by Gasteiger charge is -2.27. The number of benzene rings is 2. The summed E-state index contributed by atoms with van der Waals surface area (Å²) in [6.45, 7) is 5.46.